The lowest BCUT2D eigenvalue weighted by Crippen LogP contribution is -2.24. The fraction of sp³-hybridized carbons (Fsp3) is 1.00. The predicted octanol–water partition coefficient (Wildman–Crippen LogP) is 3.61. The maximum Gasteiger partial charge on any atom is 0.411 e. The summed E-state index contributed by atoms with van der Waals surface area (Å²) in [4.78, 5) is 0. The maximum atomic E-state index is 11.8. The smallest absolute Gasteiger partial charge is 0.372 e. The number of halogens is 4. The van der Waals surface area contributed by atoms with Gasteiger partial charge in [-0.3, -0.25) is 0 Å². The van der Waals surface area contributed by atoms with Gasteiger partial charge in [0.05, 0.1) is 6.61 Å². The van der Waals surface area contributed by atoms with Crippen molar-refractivity contribution in [1.82, 2.24) is 0 Å². The Balaban J connectivity index is 2.21. The van der Waals surface area contributed by atoms with Gasteiger partial charge in [-0.2, -0.15) is 13.2 Å². The largest absolute Gasteiger partial charge is 0.411 e. The fourth-order valence-corrected chi connectivity index (χ4v) is 2.40. The Morgan fingerprint density at radius 2 is 1.87 bits per heavy atom. The quantitative estimate of drug-likeness (QED) is 0.672. The van der Waals surface area contributed by atoms with Crippen molar-refractivity contribution in [2.75, 3.05) is 19.1 Å². The summed E-state index contributed by atoms with van der Waals surface area (Å²) in [6.07, 6.45) is 0.251. The van der Waals surface area contributed by atoms with Crippen molar-refractivity contribution in [3.63, 3.8) is 0 Å². The first-order chi connectivity index (χ1) is 7.03. The van der Waals surface area contributed by atoms with E-state index in [0.717, 1.165) is 25.7 Å². The van der Waals surface area contributed by atoms with Gasteiger partial charge in [0.2, 0.25) is 0 Å². The van der Waals surface area contributed by atoms with E-state index in [4.69, 9.17) is 11.6 Å². The molecule has 1 aliphatic rings. The van der Waals surface area contributed by atoms with Crippen LogP contribution in [-0.4, -0.2) is 25.3 Å². The van der Waals surface area contributed by atoms with Crippen LogP contribution in [0, 0.1) is 11.8 Å². The molecule has 1 saturated carbocycles. The van der Waals surface area contributed by atoms with Crippen LogP contribution < -0.4 is 0 Å². The first kappa shape index (κ1) is 13.1. The van der Waals surface area contributed by atoms with Crippen LogP contribution in [0.15, 0.2) is 0 Å². The van der Waals surface area contributed by atoms with E-state index in [-0.39, 0.29) is 12.5 Å². The Hall–Kier alpha value is 0.0400. The summed E-state index contributed by atoms with van der Waals surface area (Å²) in [5, 5.41) is 0. The molecule has 15 heavy (non-hydrogen) atoms. The van der Waals surface area contributed by atoms with E-state index in [2.05, 4.69) is 4.74 Å². The van der Waals surface area contributed by atoms with Crippen LogP contribution in [0.3, 0.4) is 0 Å². The number of hydrogen-bond donors (Lipinski definition) is 0. The second kappa shape index (κ2) is 5.94. The number of ether oxygens (including phenoxy) is 1. The zero-order valence-corrected chi connectivity index (χ0v) is 9.28. The van der Waals surface area contributed by atoms with Crippen molar-refractivity contribution >= 4 is 11.6 Å². The lowest BCUT2D eigenvalue weighted by Gasteiger charge is -2.21. The fourth-order valence-electron chi connectivity index (χ4n) is 2.06. The Kier molecular flexibility index (Phi) is 5.19. The summed E-state index contributed by atoms with van der Waals surface area (Å²) in [5.41, 5.74) is 0. The molecule has 0 bridgehead atoms. The zero-order chi connectivity index (χ0) is 11.3. The van der Waals surface area contributed by atoms with Crippen LogP contribution >= 0.6 is 11.6 Å². The molecule has 90 valence electrons. The summed E-state index contributed by atoms with van der Waals surface area (Å²) in [6, 6.07) is 0. The van der Waals surface area contributed by atoms with Crippen LogP contribution in [0.2, 0.25) is 0 Å². The average Bonchev–Trinajstić information content (AvgIpc) is 2.63. The van der Waals surface area contributed by atoms with Crippen molar-refractivity contribution in [2.45, 2.75) is 31.9 Å². The summed E-state index contributed by atoms with van der Waals surface area (Å²) in [5.74, 6) is 0.926. The van der Waals surface area contributed by atoms with E-state index < -0.39 is 12.8 Å². The molecule has 5 heteroatoms. The molecule has 0 heterocycles. The van der Waals surface area contributed by atoms with Gasteiger partial charge in [0.25, 0.3) is 0 Å². The molecule has 1 aliphatic carbocycles. The molecule has 0 aliphatic heterocycles. The molecule has 0 aromatic heterocycles. The third-order valence-corrected chi connectivity index (χ3v) is 3.26. The van der Waals surface area contributed by atoms with E-state index in [1.807, 2.05) is 0 Å². The van der Waals surface area contributed by atoms with Crippen molar-refractivity contribution in [3.05, 3.63) is 0 Å². The minimum absolute atomic E-state index is 0.0801. The Morgan fingerprint density at radius 1 is 1.27 bits per heavy atom. The standard InChI is InChI=1S/C10H16ClF3O/c11-5-9(8-3-1-2-4-8)6-15-7-10(12,13)14/h8-9H,1-7H2. The van der Waals surface area contributed by atoms with Crippen molar-refractivity contribution in [1.29, 1.82) is 0 Å². The van der Waals surface area contributed by atoms with Crippen molar-refractivity contribution in [3.8, 4) is 0 Å². The molecule has 1 unspecified atom stereocenters. The maximum absolute atomic E-state index is 11.8. The SMILES string of the molecule is FC(F)(F)COCC(CCl)C1CCCC1. The van der Waals surface area contributed by atoms with Crippen LogP contribution in [0.5, 0.6) is 0 Å². The first-order valence-electron chi connectivity index (χ1n) is 5.23. The van der Waals surface area contributed by atoms with Gasteiger partial charge in [-0.1, -0.05) is 25.7 Å². The molecular weight excluding hydrogens is 229 g/mol. The van der Waals surface area contributed by atoms with Gasteiger partial charge < -0.3 is 4.74 Å². The van der Waals surface area contributed by atoms with Gasteiger partial charge in [0, 0.05) is 5.88 Å². The summed E-state index contributed by atoms with van der Waals surface area (Å²) in [6.45, 7) is -1.03. The van der Waals surface area contributed by atoms with E-state index in [1.54, 1.807) is 0 Å². The third kappa shape index (κ3) is 5.07. The number of alkyl halides is 4. The molecule has 0 N–H and O–H groups in total. The number of hydrogen-bond acceptors (Lipinski definition) is 1. The second-order valence-electron chi connectivity index (χ2n) is 4.09. The molecule has 1 nitrogen and oxygen atoms in total. The summed E-state index contributed by atoms with van der Waals surface area (Å²) >= 11 is 5.74. The zero-order valence-electron chi connectivity index (χ0n) is 8.52. The van der Waals surface area contributed by atoms with Crippen LogP contribution in [0.1, 0.15) is 25.7 Å². The van der Waals surface area contributed by atoms with E-state index in [9.17, 15) is 13.2 Å². The second-order valence-corrected chi connectivity index (χ2v) is 4.40. The van der Waals surface area contributed by atoms with Crippen LogP contribution in [0.4, 0.5) is 13.2 Å². The molecule has 0 radical (unpaired) electrons. The van der Waals surface area contributed by atoms with E-state index in [1.165, 1.54) is 0 Å². The first-order valence-corrected chi connectivity index (χ1v) is 5.77. The van der Waals surface area contributed by atoms with E-state index >= 15 is 0 Å². The van der Waals surface area contributed by atoms with E-state index in [0.29, 0.717) is 11.8 Å². The van der Waals surface area contributed by atoms with Gasteiger partial charge in [-0.25, -0.2) is 0 Å². The predicted molar refractivity (Wildman–Crippen MR) is 53.0 cm³/mol. The lowest BCUT2D eigenvalue weighted by atomic mass is 9.93. The molecule has 1 fully saturated rings. The highest BCUT2D eigenvalue weighted by atomic mass is 35.5. The summed E-state index contributed by atoms with van der Waals surface area (Å²) in [7, 11) is 0. The van der Waals surface area contributed by atoms with Crippen molar-refractivity contribution < 1.29 is 17.9 Å². The molecule has 0 aromatic carbocycles. The average molecular weight is 245 g/mol. The molecule has 0 amide bonds. The molecule has 0 saturated heterocycles. The topological polar surface area (TPSA) is 9.23 Å². The highest BCUT2D eigenvalue weighted by Gasteiger charge is 2.29. The molecule has 0 aromatic rings. The van der Waals surface area contributed by atoms with Gasteiger partial charge in [0.15, 0.2) is 0 Å². The molecule has 0 spiro atoms. The van der Waals surface area contributed by atoms with Gasteiger partial charge in [-0.05, 0) is 11.8 Å². The molecule has 1 atom stereocenters. The lowest BCUT2D eigenvalue weighted by molar-refractivity contribution is -0.177. The van der Waals surface area contributed by atoms with Crippen LogP contribution in [-0.2, 0) is 4.74 Å². The Bertz CT molecular complexity index is 178. The highest BCUT2D eigenvalue weighted by Crippen LogP contribution is 2.32. The summed E-state index contributed by atoms with van der Waals surface area (Å²) < 4.78 is 40.1. The highest BCUT2D eigenvalue weighted by molar-refractivity contribution is 6.18. The van der Waals surface area contributed by atoms with Crippen LogP contribution in [0.25, 0.3) is 0 Å². The minimum atomic E-state index is -4.23. The minimum Gasteiger partial charge on any atom is -0.372 e. The van der Waals surface area contributed by atoms with Gasteiger partial charge in [0.1, 0.15) is 6.61 Å². The monoisotopic (exact) mass is 244 g/mol. The van der Waals surface area contributed by atoms with Gasteiger partial charge in [-0.15, -0.1) is 11.6 Å². The van der Waals surface area contributed by atoms with Crippen molar-refractivity contribution in [2.24, 2.45) is 11.8 Å². The normalized spacial score (nSPS) is 20.8. The third-order valence-electron chi connectivity index (χ3n) is 2.86. The Morgan fingerprint density at radius 3 is 2.33 bits per heavy atom. The number of rotatable bonds is 5. The van der Waals surface area contributed by atoms with Gasteiger partial charge >= 0.3 is 6.18 Å². The Labute approximate surface area is 92.9 Å². The molecule has 1 rings (SSSR count). The molecular formula is C10H16ClF3O.